The molecule has 1 amide bonds. The number of carbonyl (C=O) groups excluding carboxylic acids is 2. The third-order valence-corrected chi connectivity index (χ3v) is 7.83. The van der Waals surface area contributed by atoms with Crippen molar-refractivity contribution in [3.8, 4) is 0 Å². The number of aliphatic hydroxyl groups is 1. The molecule has 0 aromatic heterocycles. The molecule has 4 rings (SSSR count). The summed E-state index contributed by atoms with van der Waals surface area (Å²) in [4.78, 5) is 26.9. The quantitative estimate of drug-likeness (QED) is 0.338. The summed E-state index contributed by atoms with van der Waals surface area (Å²) in [6.45, 7) is 4.92. The van der Waals surface area contributed by atoms with E-state index in [1.165, 1.54) is 0 Å². The van der Waals surface area contributed by atoms with E-state index in [1.54, 1.807) is 11.0 Å². The third-order valence-electron chi connectivity index (χ3n) is 7.83. The Labute approximate surface area is 215 Å². The Bertz CT molecular complexity index is 1020. The minimum absolute atomic E-state index is 0.0164. The number of nitrogens with zero attached hydrogens (tertiary/aromatic N) is 1. The van der Waals surface area contributed by atoms with Crippen LogP contribution in [0.15, 0.2) is 72.8 Å². The summed E-state index contributed by atoms with van der Waals surface area (Å²) in [5.41, 5.74) is 1.94. The van der Waals surface area contributed by atoms with Gasteiger partial charge in [-0.15, -0.1) is 0 Å². The molecule has 192 valence electrons. The summed E-state index contributed by atoms with van der Waals surface area (Å²) in [6.07, 6.45) is 7.16. The van der Waals surface area contributed by atoms with Crippen molar-refractivity contribution < 1.29 is 19.4 Å². The number of rotatable bonds is 11. The zero-order valence-electron chi connectivity index (χ0n) is 21.5. The molecular weight excluding hydrogens is 450 g/mol. The molecule has 2 aromatic rings. The van der Waals surface area contributed by atoms with Gasteiger partial charge in [0.1, 0.15) is 6.61 Å². The lowest BCUT2D eigenvalue weighted by molar-refractivity contribution is -0.123. The molecule has 2 fully saturated rings. The highest BCUT2D eigenvalue weighted by molar-refractivity contribution is 5.94. The van der Waals surface area contributed by atoms with Gasteiger partial charge in [0.05, 0.1) is 12.6 Å². The van der Waals surface area contributed by atoms with Crippen LogP contribution in [0.4, 0.5) is 5.69 Å². The van der Waals surface area contributed by atoms with Gasteiger partial charge in [0.15, 0.2) is 5.78 Å². The molecule has 0 bridgehead atoms. The highest BCUT2D eigenvalue weighted by Gasteiger charge is 2.46. The lowest BCUT2D eigenvalue weighted by Crippen LogP contribution is -2.33. The molecule has 2 saturated carbocycles. The Balaban J connectivity index is 1.26. The summed E-state index contributed by atoms with van der Waals surface area (Å²) in [6, 6.07) is 19.7. The van der Waals surface area contributed by atoms with Crippen LogP contribution in [-0.2, 0) is 20.9 Å². The van der Waals surface area contributed by atoms with E-state index >= 15 is 0 Å². The third kappa shape index (κ3) is 6.71. The first-order valence-electron chi connectivity index (χ1n) is 13.3. The van der Waals surface area contributed by atoms with Crippen LogP contribution in [0.1, 0.15) is 45.1 Å². The minimum Gasteiger partial charge on any atom is -0.392 e. The maximum atomic E-state index is 13.1. The number of fused-ring (bicyclic) bond motifs is 1. The molecule has 1 N–H and O–H groups in total. The monoisotopic (exact) mass is 489 g/mol. The number of aliphatic hydroxyl groups excluding tert-OH is 1. The average molecular weight is 490 g/mol. The van der Waals surface area contributed by atoms with Gasteiger partial charge in [-0.2, -0.15) is 0 Å². The second-order valence-electron chi connectivity index (χ2n) is 10.7. The fourth-order valence-corrected chi connectivity index (χ4v) is 5.86. The number of benzene rings is 2. The normalized spacial score (nSPS) is 25.4. The van der Waals surface area contributed by atoms with E-state index in [9.17, 15) is 14.7 Å². The van der Waals surface area contributed by atoms with E-state index in [-0.39, 0.29) is 36.2 Å². The van der Waals surface area contributed by atoms with Gasteiger partial charge in [-0.05, 0) is 67.2 Å². The average Bonchev–Trinajstić information content (AvgIpc) is 3.40. The highest BCUT2D eigenvalue weighted by Crippen LogP contribution is 2.51. The number of ketones is 1. The second kappa shape index (κ2) is 12.5. The lowest BCUT2D eigenvalue weighted by atomic mass is 9.89. The highest BCUT2D eigenvalue weighted by atomic mass is 16.5. The first-order chi connectivity index (χ1) is 17.4. The van der Waals surface area contributed by atoms with Crippen molar-refractivity contribution in [2.75, 3.05) is 18.1 Å². The van der Waals surface area contributed by atoms with Crippen molar-refractivity contribution in [3.05, 3.63) is 78.4 Å². The molecule has 5 atom stereocenters. The SMILES string of the molecule is CC(C)C(=O)C=C[C@H]1[C@@H]2CC(CCOCC(=O)N(Cc3ccccc3)c3ccccc3)C[C@H]2C[C@@H]1O. The number of ether oxygens (including phenoxy) is 1. The number of allylic oxidation sites excluding steroid dienone is 1. The molecule has 2 aliphatic rings. The first-order valence-corrected chi connectivity index (χ1v) is 13.3. The Morgan fingerprint density at radius 2 is 1.72 bits per heavy atom. The summed E-state index contributed by atoms with van der Waals surface area (Å²) in [7, 11) is 0. The molecule has 0 spiro atoms. The molecular formula is C31H39NO4. The number of para-hydroxylation sites is 1. The van der Waals surface area contributed by atoms with Gasteiger partial charge >= 0.3 is 0 Å². The Hall–Kier alpha value is -2.76. The predicted octanol–water partition coefficient (Wildman–Crippen LogP) is 5.43. The summed E-state index contributed by atoms with van der Waals surface area (Å²) >= 11 is 0. The van der Waals surface area contributed by atoms with Crippen molar-refractivity contribution in [3.63, 3.8) is 0 Å². The number of anilines is 1. The molecule has 0 aliphatic heterocycles. The van der Waals surface area contributed by atoms with Crippen LogP contribution in [0.2, 0.25) is 0 Å². The van der Waals surface area contributed by atoms with Crippen molar-refractivity contribution in [1.82, 2.24) is 0 Å². The Morgan fingerprint density at radius 1 is 1.03 bits per heavy atom. The number of carbonyl (C=O) groups is 2. The topological polar surface area (TPSA) is 66.8 Å². The van der Waals surface area contributed by atoms with Gasteiger partial charge in [0, 0.05) is 24.1 Å². The summed E-state index contributed by atoms with van der Waals surface area (Å²) < 4.78 is 5.87. The molecule has 5 nitrogen and oxygen atoms in total. The van der Waals surface area contributed by atoms with Gasteiger partial charge in [-0.3, -0.25) is 9.59 Å². The fourth-order valence-electron chi connectivity index (χ4n) is 5.86. The summed E-state index contributed by atoms with van der Waals surface area (Å²) in [5, 5.41) is 10.5. The lowest BCUT2D eigenvalue weighted by Gasteiger charge is -2.23. The van der Waals surface area contributed by atoms with Crippen molar-refractivity contribution >= 4 is 17.4 Å². The smallest absolute Gasteiger partial charge is 0.253 e. The number of hydrogen-bond acceptors (Lipinski definition) is 4. The fraction of sp³-hybridized carbons (Fsp3) is 0.484. The maximum Gasteiger partial charge on any atom is 0.253 e. The van der Waals surface area contributed by atoms with E-state index in [2.05, 4.69) is 0 Å². The molecule has 2 aromatic carbocycles. The molecule has 5 heteroatoms. The first kappa shape index (κ1) is 26.3. The van der Waals surface area contributed by atoms with Crippen molar-refractivity contribution in [2.24, 2.45) is 29.6 Å². The van der Waals surface area contributed by atoms with Gasteiger partial charge < -0.3 is 14.7 Å². The van der Waals surface area contributed by atoms with Gasteiger partial charge in [-0.1, -0.05) is 68.5 Å². The molecule has 0 saturated heterocycles. The van der Waals surface area contributed by atoms with Gasteiger partial charge in [-0.25, -0.2) is 0 Å². The van der Waals surface area contributed by atoms with E-state index in [4.69, 9.17) is 4.74 Å². The summed E-state index contributed by atoms with van der Waals surface area (Å²) in [5.74, 6) is 1.61. The maximum absolute atomic E-state index is 13.1. The van der Waals surface area contributed by atoms with E-state index in [0.29, 0.717) is 30.9 Å². The van der Waals surface area contributed by atoms with Crippen LogP contribution in [0.25, 0.3) is 0 Å². The standard InChI is InChI=1S/C31H39NO4/c1-22(2)29(33)14-13-27-28-18-24(17-25(28)19-30(27)34)15-16-36-21-31(35)32(26-11-7-4-8-12-26)20-23-9-5-3-6-10-23/h3-14,22,24-25,27-28,30,34H,15-21H2,1-2H3/t24?,25-,27-,28+,30-/m0/s1. The van der Waals surface area contributed by atoms with Crippen LogP contribution in [0.5, 0.6) is 0 Å². The van der Waals surface area contributed by atoms with Crippen molar-refractivity contribution in [2.45, 2.75) is 52.2 Å². The zero-order chi connectivity index (χ0) is 25.5. The van der Waals surface area contributed by atoms with Crippen LogP contribution in [-0.4, -0.2) is 36.1 Å². The van der Waals surface area contributed by atoms with Gasteiger partial charge in [0.2, 0.25) is 0 Å². The van der Waals surface area contributed by atoms with Crippen LogP contribution < -0.4 is 4.90 Å². The predicted molar refractivity (Wildman–Crippen MR) is 142 cm³/mol. The minimum atomic E-state index is -0.348. The molecule has 36 heavy (non-hydrogen) atoms. The van der Waals surface area contributed by atoms with E-state index in [1.807, 2.05) is 80.6 Å². The van der Waals surface area contributed by atoms with E-state index in [0.717, 1.165) is 36.9 Å². The van der Waals surface area contributed by atoms with Crippen molar-refractivity contribution in [1.29, 1.82) is 0 Å². The number of hydrogen-bond donors (Lipinski definition) is 1. The second-order valence-corrected chi connectivity index (χ2v) is 10.7. The number of amides is 1. The van der Waals surface area contributed by atoms with Crippen LogP contribution >= 0.6 is 0 Å². The van der Waals surface area contributed by atoms with Gasteiger partial charge in [0.25, 0.3) is 5.91 Å². The molecule has 0 radical (unpaired) electrons. The largest absolute Gasteiger partial charge is 0.392 e. The van der Waals surface area contributed by atoms with E-state index < -0.39 is 0 Å². The zero-order valence-corrected chi connectivity index (χ0v) is 21.5. The molecule has 2 aliphatic carbocycles. The molecule has 0 heterocycles. The molecule has 1 unspecified atom stereocenters. The Morgan fingerprint density at radius 3 is 2.42 bits per heavy atom. The van der Waals surface area contributed by atoms with Crippen LogP contribution in [0.3, 0.4) is 0 Å². The Kier molecular flexibility index (Phi) is 9.11. The van der Waals surface area contributed by atoms with Crippen LogP contribution in [0, 0.1) is 29.6 Å².